The fourth-order valence-electron chi connectivity index (χ4n) is 1.97. The molecule has 0 saturated heterocycles. The van der Waals surface area contributed by atoms with Gasteiger partial charge in [0.1, 0.15) is 0 Å². The molecule has 1 aromatic carbocycles. The highest BCUT2D eigenvalue weighted by Gasteiger charge is 2.28. The number of hydrogen-bond donors (Lipinski definition) is 2. The van der Waals surface area contributed by atoms with Crippen molar-refractivity contribution in [2.24, 2.45) is 5.10 Å². The zero-order valence-corrected chi connectivity index (χ0v) is 12.3. The Hall–Kier alpha value is -2.54. The number of nitrogens with zero attached hydrogens (tertiary/aromatic N) is 1. The molecule has 2 amide bonds. The van der Waals surface area contributed by atoms with Crippen molar-refractivity contribution in [2.45, 2.75) is 16.6 Å². The number of nitrogens with one attached hydrogen (secondary N) is 2. The number of hydrazone groups is 1. The maximum Gasteiger partial charge on any atom is 0.241 e. The molecule has 1 aliphatic rings. The van der Waals surface area contributed by atoms with Gasteiger partial charge in [0.2, 0.25) is 11.8 Å². The van der Waals surface area contributed by atoms with Gasteiger partial charge in [-0.3, -0.25) is 9.59 Å². The van der Waals surface area contributed by atoms with Crippen LogP contribution in [-0.2, 0) is 9.59 Å². The Kier molecular flexibility index (Phi) is 4.24. The summed E-state index contributed by atoms with van der Waals surface area (Å²) in [5.41, 5.74) is 3.94. The third-order valence-electron chi connectivity index (χ3n) is 3.02. The zero-order chi connectivity index (χ0) is 15.4. The minimum Gasteiger partial charge on any atom is -0.472 e. The van der Waals surface area contributed by atoms with Crippen LogP contribution < -0.4 is 10.7 Å². The number of amides is 2. The molecule has 1 aliphatic heterocycles. The number of benzene rings is 1. The first-order valence-corrected chi connectivity index (χ1v) is 7.51. The molecule has 2 aromatic rings. The summed E-state index contributed by atoms with van der Waals surface area (Å²) in [6.07, 6.45) is 4.57. The Labute approximate surface area is 131 Å². The van der Waals surface area contributed by atoms with E-state index in [-0.39, 0.29) is 18.2 Å². The van der Waals surface area contributed by atoms with Crippen LogP contribution >= 0.6 is 11.8 Å². The number of rotatable bonds is 4. The summed E-state index contributed by atoms with van der Waals surface area (Å²) in [5, 5.41) is 6.17. The molecule has 0 saturated carbocycles. The Morgan fingerprint density at radius 1 is 1.41 bits per heavy atom. The van der Waals surface area contributed by atoms with Crippen molar-refractivity contribution in [3.63, 3.8) is 0 Å². The summed E-state index contributed by atoms with van der Waals surface area (Å²) < 4.78 is 4.88. The van der Waals surface area contributed by atoms with Gasteiger partial charge >= 0.3 is 0 Å². The number of hydrogen-bond acceptors (Lipinski definition) is 5. The lowest BCUT2D eigenvalue weighted by Gasteiger charge is -2.23. The van der Waals surface area contributed by atoms with E-state index in [4.69, 9.17) is 4.42 Å². The molecule has 112 valence electrons. The van der Waals surface area contributed by atoms with E-state index in [1.807, 2.05) is 24.3 Å². The average Bonchev–Trinajstić information content (AvgIpc) is 3.01. The normalized spacial score (nSPS) is 17.1. The van der Waals surface area contributed by atoms with Gasteiger partial charge < -0.3 is 9.73 Å². The van der Waals surface area contributed by atoms with Crippen molar-refractivity contribution in [1.29, 1.82) is 0 Å². The molecule has 0 spiro atoms. The largest absolute Gasteiger partial charge is 0.472 e. The van der Waals surface area contributed by atoms with Gasteiger partial charge in [-0.05, 0) is 18.2 Å². The van der Waals surface area contributed by atoms with Crippen LogP contribution in [0.2, 0.25) is 0 Å². The summed E-state index contributed by atoms with van der Waals surface area (Å²) in [5.74, 6) is -0.482. The summed E-state index contributed by atoms with van der Waals surface area (Å²) in [6.45, 7) is 0. The standard InChI is InChI=1S/C15H13N3O3S/c19-14(18-16-8-10-5-6-21-9-10)7-13-15(20)17-11-3-1-2-4-12(11)22-13/h1-6,8-9,13H,7H2,(H,17,20)(H,18,19)/b16-8+. The molecule has 0 aliphatic carbocycles. The van der Waals surface area contributed by atoms with Gasteiger partial charge in [-0.15, -0.1) is 11.8 Å². The molecule has 7 heteroatoms. The van der Waals surface area contributed by atoms with Crippen LogP contribution in [0.25, 0.3) is 0 Å². The predicted octanol–water partition coefficient (Wildman–Crippen LogP) is 2.23. The molecule has 0 bridgehead atoms. The van der Waals surface area contributed by atoms with Crippen LogP contribution in [0.15, 0.2) is 57.3 Å². The van der Waals surface area contributed by atoms with E-state index in [0.29, 0.717) is 0 Å². The fourth-order valence-corrected chi connectivity index (χ4v) is 3.08. The minimum absolute atomic E-state index is 0.0631. The first-order valence-electron chi connectivity index (χ1n) is 6.63. The molecule has 1 atom stereocenters. The second-order valence-corrected chi connectivity index (χ2v) is 5.89. The van der Waals surface area contributed by atoms with E-state index >= 15 is 0 Å². The number of carbonyl (C=O) groups excluding carboxylic acids is 2. The number of anilines is 1. The Morgan fingerprint density at radius 2 is 2.27 bits per heavy atom. The zero-order valence-electron chi connectivity index (χ0n) is 11.5. The van der Waals surface area contributed by atoms with Gasteiger partial charge in [-0.1, -0.05) is 12.1 Å². The molecule has 0 radical (unpaired) electrons. The van der Waals surface area contributed by atoms with E-state index in [2.05, 4.69) is 15.8 Å². The predicted molar refractivity (Wildman–Crippen MR) is 83.8 cm³/mol. The van der Waals surface area contributed by atoms with E-state index in [9.17, 15) is 9.59 Å². The topological polar surface area (TPSA) is 83.7 Å². The highest BCUT2D eigenvalue weighted by Crippen LogP contribution is 2.36. The maximum absolute atomic E-state index is 12.0. The number of furan rings is 1. The van der Waals surface area contributed by atoms with E-state index < -0.39 is 5.25 Å². The molecule has 1 aromatic heterocycles. The number of para-hydroxylation sites is 1. The van der Waals surface area contributed by atoms with Crippen LogP contribution in [0.4, 0.5) is 5.69 Å². The number of fused-ring (bicyclic) bond motifs is 1. The Bertz CT molecular complexity index is 713. The van der Waals surface area contributed by atoms with E-state index in [0.717, 1.165) is 16.1 Å². The first-order chi connectivity index (χ1) is 10.7. The lowest BCUT2D eigenvalue weighted by molar-refractivity contribution is -0.124. The molecule has 22 heavy (non-hydrogen) atoms. The van der Waals surface area contributed by atoms with Crippen LogP contribution in [0.3, 0.4) is 0 Å². The van der Waals surface area contributed by atoms with Crippen molar-refractivity contribution < 1.29 is 14.0 Å². The lowest BCUT2D eigenvalue weighted by atomic mass is 10.2. The Balaban J connectivity index is 1.57. The highest BCUT2D eigenvalue weighted by atomic mass is 32.2. The fraction of sp³-hybridized carbons (Fsp3) is 0.133. The van der Waals surface area contributed by atoms with Crippen molar-refractivity contribution in [2.75, 3.05) is 5.32 Å². The first kappa shape index (κ1) is 14.4. The van der Waals surface area contributed by atoms with E-state index in [1.165, 1.54) is 30.5 Å². The minimum atomic E-state index is -0.459. The second-order valence-electron chi connectivity index (χ2n) is 4.65. The van der Waals surface area contributed by atoms with Crippen molar-refractivity contribution in [3.05, 3.63) is 48.4 Å². The van der Waals surface area contributed by atoms with Gasteiger partial charge in [-0.2, -0.15) is 5.10 Å². The van der Waals surface area contributed by atoms with Gasteiger partial charge in [0.25, 0.3) is 0 Å². The molecule has 2 N–H and O–H groups in total. The van der Waals surface area contributed by atoms with Crippen LogP contribution in [0.5, 0.6) is 0 Å². The quantitative estimate of drug-likeness (QED) is 0.669. The van der Waals surface area contributed by atoms with Crippen molar-refractivity contribution >= 4 is 35.5 Å². The maximum atomic E-state index is 12.0. The third-order valence-corrected chi connectivity index (χ3v) is 4.30. The molecular formula is C15H13N3O3S. The molecular weight excluding hydrogens is 302 g/mol. The molecule has 2 heterocycles. The summed E-state index contributed by atoms with van der Waals surface area (Å²) in [7, 11) is 0. The highest BCUT2D eigenvalue weighted by molar-refractivity contribution is 8.01. The van der Waals surface area contributed by atoms with E-state index in [1.54, 1.807) is 6.07 Å². The number of carbonyl (C=O) groups is 2. The average molecular weight is 315 g/mol. The molecule has 1 unspecified atom stereocenters. The van der Waals surface area contributed by atoms with Crippen LogP contribution in [-0.4, -0.2) is 23.3 Å². The molecule has 6 nitrogen and oxygen atoms in total. The second kappa shape index (κ2) is 6.48. The molecule has 0 fully saturated rings. The van der Waals surface area contributed by atoms with Crippen LogP contribution in [0.1, 0.15) is 12.0 Å². The summed E-state index contributed by atoms with van der Waals surface area (Å²) in [4.78, 5) is 24.8. The third kappa shape index (κ3) is 3.37. The summed E-state index contributed by atoms with van der Waals surface area (Å²) in [6, 6.07) is 9.23. The van der Waals surface area contributed by atoms with Crippen molar-refractivity contribution in [1.82, 2.24) is 5.43 Å². The van der Waals surface area contributed by atoms with Crippen molar-refractivity contribution in [3.8, 4) is 0 Å². The summed E-state index contributed by atoms with van der Waals surface area (Å²) >= 11 is 1.38. The Morgan fingerprint density at radius 3 is 3.09 bits per heavy atom. The SMILES string of the molecule is O=C(CC1Sc2ccccc2NC1=O)N/N=C/c1ccoc1. The van der Waals surface area contributed by atoms with Crippen LogP contribution in [0, 0.1) is 0 Å². The van der Waals surface area contributed by atoms with Gasteiger partial charge in [-0.25, -0.2) is 5.43 Å². The monoisotopic (exact) mass is 315 g/mol. The van der Waals surface area contributed by atoms with Gasteiger partial charge in [0, 0.05) is 16.9 Å². The lowest BCUT2D eigenvalue weighted by Crippen LogP contribution is -2.33. The van der Waals surface area contributed by atoms with Gasteiger partial charge in [0.05, 0.1) is 29.7 Å². The smallest absolute Gasteiger partial charge is 0.241 e. The van der Waals surface area contributed by atoms with Gasteiger partial charge in [0.15, 0.2) is 0 Å². The molecule has 3 rings (SSSR count). The number of thioether (sulfide) groups is 1.